The zero-order chi connectivity index (χ0) is 16.8. The Morgan fingerprint density at radius 1 is 1.17 bits per heavy atom. The number of nitrogens with one attached hydrogen (secondary N) is 1. The van der Waals surface area contributed by atoms with Gasteiger partial charge in [-0.2, -0.15) is 0 Å². The summed E-state index contributed by atoms with van der Waals surface area (Å²) in [6.07, 6.45) is 2.75. The molecule has 1 fully saturated rings. The summed E-state index contributed by atoms with van der Waals surface area (Å²) in [5, 5.41) is 2.91. The molecule has 126 valence electrons. The second-order valence-corrected chi connectivity index (χ2v) is 6.42. The fourth-order valence-electron chi connectivity index (χ4n) is 2.83. The van der Waals surface area contributed by atoms with Crippen molar-refractivity contribution >= 4 is 11.8 Å². The Hall–Kier alpha value is -2.04. The number of hydrogen-bond donors (Lipinski definition) is 1. The maximum absolute atomic E-state index is 12.6. The van der Waals surface area contributed by atoms with Gasteiger partial charge in [0.15, 0.2) is 0 Å². The van der Waals surface area contributed by atoms with Crippen molar-refractivity contribution in [2.75, 3.05) is 20.2 Å². The summed E-state index contributed by atoms with van der Waals surface area (Å²) in [7, 11) is 1.59. The number of carbonyl (C=O) groups excluding carboxylic acids is 2. The average Bonchev–Trinajstić information content (AvgIpc) is 3.07. The van der Waals surface area contributed by atoms with Gasteiger partial charge in [-0.25, -0.2) is 0 Å². The van der Waals surface area contributed by atoms with Gasteiger partial charge >= 0.3 is 0 Å². The van der Waals surface area contributed by atoms with E-state index in [1.54, 1.807) is 31.4 Å². The van der Waals surface area contributed by atoms with Crippen LogP contribution in [0.2, 0.25) is 0 Å². The summed E-state index contributed by atoms with van der Waals surface area (Å²) in [6, 6.07) is 6.45. The van der Waals surface area contributed by atoms with Crippen molar-refractivity contribution in [3.05, 3.63) is 29.8 Å². The van der Waals surface area contributed by atoms with Gasteiger partial charge < -0.3 is 15.0 Å². The van der Waals surface area contributed by atoms with E-state index in [1.165, 1.54) is 0 Å². The van der Waals surface area contributed by atoms with Crippen molar-refractivity contribution in [1.29, 1.82) is 0 Å². The summed E-state index contributed by atoms with van der Waals surface area (Å²) in [5.74, 6) is 0.861. The molecule has 23 heavy (non-hydrogen) atoms. The summed E-state index contributed by atoms with van der Waals surface area (Å²) >= 11 is 0. The second kappa shape index (κ2) is 7.99. The maximum Gasteiger partial charge on any atom is 0.251 e. The molecule has 1 N–H and O–H groups in total. The molecule has 0 radical (unpaired) electrons. The Morgan fingerprint density at radius 3 is 2.30 bits per heavy atom. The summed E-state index contributed by atoms with van der Waals surface area (Å²) < 4.78 is 5.10. The number of likely N-dealkylation sites (tertiary alicyclic amines) is 1. The lowest BCUT2D eigenvalue weighted by Gasteiger charge is -2.25. The summed E-state index contributed by atoms with van der Waals surface area (Å²) in [4.78, 5) is 26.9. The highest BCUT2D eigenvalue weighted by Crippen LogP contribution is 2.15. The lowest BCUT2D eigenvalue weighted by Crippen LogP contribution is -2.48. The molecule has 0 saturated carbocycles. The lowest BCUT2D eigenvalue weighted by atomic mass is 10.0. The highest BCUT2D eigenvalue weighted by Gasteiger charge is 2.28. The molecule has 5 heteroatoms. The predicted octanol–water partition coefficient (Wildman–Crippen LogP) is 2.46. The van der Waals surface area contributed by atoms with E-state index in [0.717, 1.165) is 25.9 Å². The Labute approximate surface area is 138 Å². The van der Waals surface area contributed by atoms with Crippen LogP contribution in [0.15, 0.2) is 24.3 Å². The topological polar surface area (TPSA) is 58.6 Å². The monoisotopic (exact) mass is 318 g/mol. The highest BCUT2D eigenvalue weighted by molar-refractivity contribution is 5.97. The van der Waals surface area contributed by atoms with Crippen molar-refractivity contribution in [1.82, 2.24) is 10.2 Å². The van der Waals surface area contributed by atoms with Crippen molar-refractivity contribution < 1.29 is 14.3 Å². The summed E-state index contributed by atoms with van der Waals surface area (Å²) in [6.45, 7) is 5.71. The number of ether oxygens (including phenoxy) is 1. The first-order valence-electron chi connectivity index (χ1n) is 8.25. The molecular formula is C18H26N2O3. The van der Waals surface area contributed by atoms with Crippen molar-refractivity contribution in [3.8, 4) is 5.75 Å². The third-order valence-electron chi connectivity index (χ3n) is 4.08. The van der Waals surface area contributed by atoms with Crippen LogP contribution in [0.5, 0.6) is 5.75 Å². The number of nitrogens with zero attached hydrogens (tertiary/aromatic N) is 1. The van der Waals surface area contributed by atoms with Gasteiger partial charge in [-0.15, -0.1) is 0 Å². The smallest absolute Gasteiger partial charge is 0.251 e. The Balaban J connectivity index is 2.06. The standard InChI is InChI=1S/C18H26N2O3/c1-13(2)12-16(18(22)20-10-4-5-11-20)19-17(21)14-6-8-15(23-3)9-7-14/h6-9,13,16H,4-5,10-12H2,1-3H3,(H,19,21)/t16-/m1/s1. The van der Waals surface area contributed by atoms with Gasteiger partial charge in [-0.05, 0) is 49.4 Å². The van der Waals surface area contributed by atoms with Crippen LogP contribution in [0, 0.1) is 5.92 Å². The van der Waals surface area contributed by atoms with E-state index in [-0.39, 0.29) is 11.8 Å². The number of carbonyl (C=O) groups is 2. The molecule has 1 heterocycles. The van der Waals surface area contributed by atoms with Crippen LogP contribution in [-0.4, -0.2) is 43.0 Å². The van der Waals surface area contributed by atoms with Crippen LogP contribution < -0.4 is 10.1 Å². The molecular weight excluding hydrogens is 292 g/mol. The van der Waals surface area contributed by atoms with Crippen LogP contribution in [0.3, 0.4) is 0 Å². The first-order chi connectivity index (χ1) is 11.0. The van der Waals surface area contributed by atoms with Gasteiger partial charge in [-0.1, -0.05) is 13.8 Å². The molecule has 5 nitrogen and oxygen atoms in total. The number of rotatable bonds is 6. The molecule has 2 amide bonds. The highest BCUT2D eigenvalue weighted by atomic mass is 16.5. The Morgan fingerprint density at radius 2 is 1.78 bits per heavy atom. The Bertz CT molecular complexity index is 534. The maximum atomic E-state index is 12.6. The normalized spacial score (nSPS) is 15.6. The molecule has 1 aromatic rings. The number of benzene rings is 1. The SMILES string of the molecule is COc1ccc(C(=O)N[C@H](CC(C)C)C(=O)N2CCCC2)cc1. The van der Waals surface area contributed by atoms with E-state index in [1.807, 2.05) is 4.90 Å². The minimum Gasteiger partial charge on any atom is -0.497 e. The fourth-order valence-corrected chi connectivity index (χ4v) is 2.83. The zero-order valence-electron chi connectivity index (χ0n) is 14.2. The Kier molecular flexibility index (Phi) is 6.02. The van der Waals surface area contributed by atoms with Gasteiger partial charge in [0.2, 0.25) is 5.91 Å². The van der Waals surface area contributed by atoms with Gasteiger partial charge in [0.1, 0.15) is 11.8 Å². The molecule has 1 saturated heterocycles. The lowest BCUT2D eigenvalue weighted by molar-refractivity contribution is -0.132. The van der Waals surface area contributed by atoms with E-state index in [9.17, 15) is 9.59 Å². The van der Waals surface area contributed by atoms with E-state index in [0.29, 0.717) is 23.7 Å². The molecule has 0 spiro atoms. The molecule has 1 aliphatic rings. The van der Waals surface area contributed by atoms with Crippen molar-refractivity contribution in [2.45, 2.75) is 39.2 Å². The quantitative estimate of drug-likeness (QED) is 0.876. The zero-order valence-corrected chi connectivity index (χ0v) is 14.2. The van der Waals surface area contributed by atoms with Crippen LogP contribution >= 0.6 is 0 Å². The van der Waals surface area contributed by atoms with E-state index in [4.69, 9.17) is 4.74 Å². The van der Waals surface area contributed by atoms with Gasteiger partial charge in [0.05, 0.1) is 7.11 Å². The molecule has 1 aliphatic heterocycles. The minimum atomic E-state index is -0.456. The average molecular weight is 318 g/mol. The first-order valence-corrected chi connectivity index (χ1v) is 8.25. The molecule has 0 aromatic heterocycles. The van der Waals surface area contributed by atoms with Crippen LogP contribution in [0.25, 0.3) is 0 Å². The van der Waals surface area contributed by atoms with E-state index >= 15 is 0 Å². The van der Waals surface area contributed by atoms with Crippen LogP contribution in [0.4, 0.5) is 0 Å². The third kappa shape index (κ3) is 4.71. The third-order valence-corrected chi connectivity index (χ3v) is 4.08. The number of methoxy groups -OCH3 is 1. The molecule has 1 aromatic carbocycles. The van der Waals surface area contributed by atoms with Crippen LogP contribution in [0.1, 0.15) is 43.5 Å². The molecule has 0 unspecified atom stereocenters. The largest absolute Gasteiger partial charge is 0.497 e. The molecule has 0 bridgehead atoms. The van der Waals surface area contributed by atoms with E-state index < -0.39 is 6.04 Å². The fraction of sp³-hybridized carbons (Fsp3) is 0.556. The van der Waals surface area contributed by atoms with Crippen molar-refractivity contribution in [3.63, 3.8) is 0 Å². The minimum absolute atomic E-state index is 0.0399. The van der Waals surface area contributed by atoms with Gasteiger partial charge in [-0.3, -0.25) is 9.59 Å². The van der Waals surface area contributed by atoms with Crippen LogP contribution in [-0.2, 0) is 4.79 Å². The predicted molar refractivity (Wildman–Crippen MR) is 89.5 cm³/mol. The van der Waals surface area contributed by atoms with Gasteiger partial charge in [0, 0.05) is 18.7 Å². The van der Waals surface area contributed by atoms with E-state index in [2.05, 4.69) is 19.2 Å². The summed E-state index contributed by atoms with van der Waals surface area (Å²) in [5.41, 5.74) is 0.536. The number of amides is 2. The van der Waals surface area contributed by atoms with Crippen molar-refractivity contribution in [2.24, 2.45) is 5.92 Å². The molecule has 2 rings (SSSR count). The second-order valence-electron chi connectivity index (χ2n) is 6.42. The molecule has 0 aliphatic carbocycles. The molecule has 1 atom stereocenters. The first kappa shape index (κ1) is 17.3. The number of hydrogen-bond acceptors (Lipinski definition) is 3. The van der Waals surface area contributed by atoms with Gasteiger partial charge in [0.25, 0.3) is 5.91 Å².